The Bertz CT molecular complexity index is 369. The summed E-state index contributed by atoms with van der Waals surface area (Å²) in [5, 5.41) is 0. The number of likely N-dealkylation sites (tertiary alicyclic amines) is 2. The number of hydrogen-bond donors (Lipinski definition) is 1. The number of piperidine rings is 2. The van der Waals surface area contributed by atoms with E-state index in [1.54, 1.807) is 0 Å². The summed E-state index contributed by atoms with van der Waals surface area (Å²) in [5.41, 5.74) is 0. The maximum atomic E-state index is 10.8. The molecular formula is C13H26N2O3S. The third kappa shape index (κ3) is 5.38. The average Bonchev–Trinajstić information content (AvgIpc) is 2.33. The van der Waals surface area contributed by atoms with Crippen molar-refractivity contribution in [2.45, 2.75) is 32.1 Å². The lowest BCUT2D eigenvalue weighted by atomic mass is 9.83. The standard InChI is InChI=1S/C13H26N2O3S/c1-14-6-2-12(3-7-14)10-13-4-8-15(9-5-13)11-19(16,17)18/h12-13H,2-11H2,1H3,(H,16,17,18). The zero-order chi connectivity index (χ0) is 13.9. The van der Waals surface area contributed by atoms with Crippen LogP contribution in [0, 0.1) is 11.8 Å². The molecule has 112 valence electrons. The second kappa shape index (κ2) is 6.52. The summed E-state index contributed by atoms with van der Waals surface area (Å²) in [5.74, 6) is 1.40. The molecule has 0 aromatic rings. The van der Waals surface area contributed by atoms with Gasteiger partial charge < -0.3 is 4.90 Å². The Balaban J connectivity index is 1.69. The van der Waals surface area contributed by atoms with Gasteiger partial charge in [0, 0.05) is 0 Å². The fraction of sp³-hybridized carbons (Fsp3) is 1.00. The van der Waals surface area contributed by atoms with Crippen LogP contribution in [0.5, 0.6) is 0 Å². The van der Waals surface area contributed by atoms with Gasteiger partial charge in [-0.3, -0.25) is 9.45 Å². The van der Waals surface area contributed by atoms with E-state index in [-0.39, 0.29) is 5.88 Å². The summed E-state index contributed by atoms with van der Waals surface area (Å²) in [6.07, 6.45) is 6.06. The minimum absolute atomic E-state index is 0.200. The van der Waals surface area contributed by atoms with Gasteiger partial charge in [0.2, 0.25) is 0 Å². The van der Waals surface area contributed by atoms with Crippen molar-refractivity contribution in [2.24, 2.45) is 11.8 Å². The maximum Gasteiger partial charge on any atom is 0.278 e. The maximum absolute atomic E-state index is 10.8. The molecule has 0 aromatic heterocycles. The van der Waals surface area contributed by atoms with Gasteiger partial charge in [-0.1, -0.05) is 0 Å². The van der Waals surface area contributed by atoms with E-state index < -0.39 is 10.1 Å². The van der Waals surface area contributed by atoms with Crippen molar-refractivity contribution >= 4 is 10.1 Å². The lowest BCUT2D eigenvalue weighted by molar-refractivity contribution is 0.151. The van der Waals surface area contributed by atoms with Crippen molar-refractivity contribution in [3.8, 4) is 0 Å². The van der Waals surface area contributed by atoms with Crippen molar-refractivity contribution in [1.82, 2.24) is 9.80 Å². The topological polar surface area (TPSA) is 60.9 Å². The van der Waals surface area contributed by atoms with Crippen LogP contribution in [0.2, 0.25) is 0 Å². The van der Waals surface area contributed by atoms with Crippen LogP contribution in [0.25, 0.3) is 0 Å². The van der Waals surface area contributed by atoms with Crippen LogP contribution < -0.4 is 0 Å². The minimum Gasteiger partial charge on any atom is -0.306 e. The molecule has 6 heteroatoms. The van der Waals surface area contributed by atoms with Crippen molar-refractivity contribution in [2.75, 3.05) is 39.1 Å². The first-order valence-electron chi connectivity index (χ1n) is 7.28. The molecule has 0 amide bonds. The molecule has 2 rings (SSSR count). The quantitative estimate of drug-likeness (QED) is 0.790. The molecule has 2 aliphatic heterocycles. The van der Waals surface area contributed by atoms with Gasteiger partial charge in [-0.05, 0) is 77.2 Å². The molecule has 0 atom stereocenters. The van der Waals surface area contributed by atoms with Crippen molar-refractivity contribution in [1.29, 1.82) is 0 Å². The summed E-state index contributed by atoms with van der Waals surface area (Å²) >= 11 is 0. The zero-order valence-corrected chi connectivity index (χ0v) is 12.6. The molecule has 19 heavy (non-hydrogen) atoms. The van der Waals surface area contributed by atoms with E-state index in [0.29, 0.717) is 0 Å². The average molecular weight is 290 g/mol. The predicted molar refractivity (Wildman–Crippen MR) is 75.6 cm³/mol. The Morgan fingerprint density at radius 1 is 1.00 bits per heavy atom. The zero-order valence-electron chi connectivity index (χ0n) is 11.8. The molecule has 0 aromatic carbocycles. The summed E-state index contributed by atoms with van der Waals surface area (Å²) in [6.45, 7) is 4.03. The Hall–Kier alpha value is -0.170. The number of rotatable bonds is 4. The monoisotopic (exact) mass is 290 g/mol. The van der Waals surface area contributed by atoms with E-state index in [1.807, 2.05) is 4.90 Å². The first-order chi connectivity index (χ1) is 8.92. The van der Waals surface area contributed by atoms with Gasteiger partial charge in [0.1, 0.15) is 5.88 Å². The van der Waals surface area contributed by atoms with Crippen LogP contribution >= 0.6 is 0 Å². The normalized spacial score (nSPS) is 25.8. The van der Waals surface area contributed by atoms with E-state index in [4.69, 9.17) is 4.55 Å². The van der Waals surface area contributed by atoms with Gasteiger partial charge in [-0.2, -0.15) is 8.42 Å². The van der Waals surface area contributed by atoms with Crippen LogP contribution in [0.1, 0.15) is 32.1 Å². The van der Waals surface area contributed by atoms with Crippen LogP contribution in [0.15, 0.2) is 0 Å². The van der Waals surface area contributed by atoms with Crippen molar-refractivity contribution < 1.29 is 13.0 Å². The number of nitrogens with zero attached hydrogens (tertiary/aromatic N) is 2. The summed E-state index contributed by atoms with van der Waals surface area (Å²) < 4.78 is 30.5. The SMILES string of the molecule is CN1CCC(CC2CCN(CS(=O)(=O)O)CC2)CC1. The van der Waals surface area contributed by atoms with Crippen LogP contribution in [-0.2, 0) is 10.1 Å². The van der Waals surface area contributed by atoms with E-state index in [0.717, 1.165) is 37.8 Å². The lowest BCUT2D eigenvalue weighted by Gasteiger charge is -2.35. The Labute approximate surface area is 116 Å². The molecule has 2 fully saturated rings. The third-order valence-corrected chi connectivity index (χ3v) is 5.25. The summed E-state index contributed by atoms with van der Waals surface area (Å²) in [6, 6.07) is 0. The molecule has 0 saturated carbocycles. The fourth-order valence-electron chi connectivity index (χ4n) is 3.35. The van der Waals surface area contributed by atoms with Crippen LogP contribution in [0.3, 0.4) is 0 Å². The van der Waals surface area contributed by atoms with E-state index >= 15 is 0 Å². The smallest absolute Gasteiger partial charge is 0.278 e. The molecule has 0 spiro atoms. The molecule has 1 N–H and O–H groups in total. The molecular weight excluding hydrogens is 264 g/mol. The Kier molecular flexibility index (Phi) is 5.22. The van der Waals surface area contributed by atoms with E-state index in [2.05, 4.69) is 11.9 Å². The van der Waals surface area contributed by atoms with Gasteiger partial charge in [-0.15, -0.1) is 0 Å². The first-order valence-corrected chi connectivity index (χ1v) is 8.89. The predicted octanol–water partition coefficient (Wildman–Crippen LogP) is 1.28. The summed E-state index contributed by atoms with van der Waals surface area (Å²) in [4.78, 5) is 4.24. The van der Waals surface area contributed by atoms with Crippen LogP contribution in [0.4, 0.5) is 0 Å². The largest absolute Gasteiger partial charge is 0.306 e. The van der Waals surface area contributed by atoms with E-state index in [9.17, 15) is 8.42 Å². The minimum atomic E-state index is -3.85. The van der Waals surface area contributed by atoms with Crippen LogP contribution in [-0.4, -0.2) is 61.9 Å². The fourth-order valence-corrected chi connectivity index (χ4v) is 4.07. The molecule has 5 nitrogen and oxygen atoms in total. The molecule has 0 bridgehead atoms. The molecule has 0 aliphatic carbocycles. The molecule has 2 heterocycles. The van der Waals surface area contributed by atoms with E-state index in [1.165, 1.54) is 32.4 Å². The highest BCUT2D eigenvalue weighted by atomic mass is 32.2. The second-order valence-corrected chi connectivity index (χ2v) is 7.68. The highest BCUT2D eigenvalue weighted by Crippen LogP contribution is 2.29. The first kappa shape index (κ1) is 15.2. The Morgan fingerprint density at radius 3 is 1.95 bits per heavy atom. The van der Waals surface area contributed by atoms with Gasteiger partial charge >= 0.3 is 0 Å². The molecule has 2 aliphatic rings. The van der Waals surface area contributed by atoms with Crippen molar-refractivity contribution in [3.05, 3.63) is 0 Å². The van der Waals surface area contributed by atoms with Gasteiger partial charge in [0.05, 0.1) is 0 Å². The lowest BCUT2D eigenvalue weighted by Crippen LogP contribution is -2.38. The Morgan fingerprint density at radius 2 is 1.47 bits per heavy atom. The molecule has 0 unspecified atom stereocenters. The molecule has 0 radical (unpaired) electrons. The number of hydrogen-bond acceptors (Lipinski definition) is 4. The van der Waals surface area contributed by atoms with Gasteiger partial charge in [-0.25, -0.2) is 0 Å². The third-order valence-electron chi connectivity index (χ3n) is 4.56. The van der Waals surface area contributed by atoms with Crippen molar-refractivity contribution in [3.63, 3.8) is 0 Å². The second-order valence-electron chi connectivity index (χ2n) is 6.25. The van der Waals surface area contributed by atoms with Gasteiger partial charge in [0.15, 0.2) is 0 Å². The van der Waals surface area contributed by atoms with Gasteiger partial charge in [0.25, 0.3) is 10.1 Å². The molecule has 2 saturated heterocycles. The summed E-state index contributed by atoms with van der Waals surface area (Å²) in [7, 11) is -1.67. The highest BCUT2D eigenvalue weighted by molar-refractivity contribution is 7.85. The highest BCUT2D eigenvalue weighted by Gasteiger charge is 2.25.